The second kappa shape index (κ2) is 9.23. The largest absolute Gasteiger partial charge is 0.496 e. The van der Waals surface area contributed by atoms with E-state index in [1.165, 1.54) is 6.92 Å². The van der Waals surface area contributed by atoms with Crippen LogP contribution in [0.3, 0.4) is 0 Å². The molecule has 0 aliphatic carbocycles. The van der Waals surface area contributed by atoms with Gasteiger partial charge in [-0.15, -0.1) is 0 Å². The predicted molar refractivity (Wildman–Crippen MR) is 96.7 cm³/mol. The van der Waals surface area contributed by atoms with E-state index in [-0.39, 0.29) is 6.42 Å². The number of rotatable bonds is 7. The number of ether oxygens (including phenoxy) is 2. The molecule has 2 rings (SSSR count). The van der Waals surface area contributed by atoms with E-state index in [2.05, 4.69) is 5.32 Å². The molecule has 26 heavy (non-hydrogen) atoms. The van der Waals surface area contributed by atoms with Crippen LogP contribution >= 0.6 is 0 Å². The van der Waals surface area contributed by atoms with E-state index in [9.17, 15) is 9.59 Å². The van der Waals surface area contributed by atoms with Gasteiger partial charge in [0, 0.05) is 6.42 Å². The van der Waals surface area contributed by atoms with Crippen LogP contribution in [0.5, 0.6) is 5.75 Å². The van der Waals surface area contributed by atoms with Crippen LogP contribution in [0.25, 0.3) is 0 Å². The van der Waals surface area contributed by atoms with Gasteiger partial charge in [0.15, 0.2) is 6.10 Å². The molecule has 0 bridgehead atoms. The summed E-state index contributed by atoms with van der Waals surface area (Å²) in [6.45, 7) is 1.49. The number of hydrogen-bond donors (Lipinski definition) is 1. The third-order valence-corrected chi connectivity index (χ3v) is 3.77. The number of carbonyl (C=O) groups excluding carboxylic acids is 2. The normalized spacial score (nSPS) is 11.1. The molecule has 0 unspecified atom stereocenters. The van der Waals surface area contributed by atoms with Crippen LogP contribution in [0, 0.1) is 11.3 Å². The van der Waals surface area contributed by atoms with E-state index in [0.29, 0.717) is 23.4 Å². The first kappa shape index (κ1) is 19.0. The Kier molecular flexibility index (Phi) is 6.75. The standard InChI is InChI=1S/C20H20N2O4/c1-14(20(24)22-17-9-5-3-8-16(17)13-21)26-19(23)12-11-15-7-4-6-10-18(15)25-2/h3-10,14H,11-12H2,1-2H3,(H,22,24)/t14-/m0/s1. The zero-order valence-electron chi connectivity index (χ0n) is 14.7. The van der Waals surface area contributed by atoms with Crippen LogP contribution in [0.4, 0.5) is 5.69 Å². The molecular weight excluding hydrogens is 332 g/mol. The van der Waals surface area contributed by atoms with Gasteiger partial charge < -0.3 is 14.8 Å². The number of benzene rings is 2. The second-order valence-electron chi connectivity index (χ2n) is 5.59. The van der Waals surface area contributed by atoms with Gasteiger partial charge in [-0.25, -0.2) is 0 Å². The number of aryl methyl sites for hydroxylation is 1. The van der Waals surface area contributed by atoms with Crippen LogP contribution < -0.4 is 10.1 Å². The molecule has 0 heterocycles. The van der Waals surface area contributed by atoms with Gasteiger partial charge in [0.25, 0.3) is 5.91 Å². The SMILES string of the molecule is COc1ccccc1CCC(=O)O[C@@H](C)C(=O)Nc1ccccc1C#N. The second-order valence-corrected chi connectivity index (χ2v) is 5.59. The Labute approximate surface area is 152 Å². The highest BCUT2D eigenvalue weighted by atomic mass is 16.5. The fourth-order valence-corrected chi connectivity index (χ4v) is 2.38. The average Bonchev–Trinajstić information content (AvgIpc) is 2.66. The molecule has 0 aliphatic heterocycles. The summed E-state index contributed by atoms with van der Waals surface area (Å²) in [5.74, 6) is -0.260. The van der Waals surface area contributed by atoms with Gasteiger partial charge >= 0.3 is 5.97 Å². The Morgan fingerprint density at radius 2 is 1.85 bits per heavy atom. The molecule has 0 aromatic heterocycles. The molecule has 0 fully saturated rings. The third kappa shape index (κ3) is 5.08. The van der Waals surface area contributed by atoms with Gasteiger partial charge in [0.1, 0.15) is 11.8 Å². The number of amides is 1. The zero-order valence-corrected chi connectivity index (χ0v) is 14.7. The summed E-state index contributed by atoms with van der Waals surface area (Å²) in [6.07, 6.45) is -0.381. The highest BCUT2D eigenvalue weighted by Gasteiger charge is 2.19. The maximum atomic E-state index is 12.2. The first-order valence-electron chi connectivity index (χ1n) is 8.16. The number of methoxy groups -OCH3 is 1. The van der Waals surface area contributed by atoms with Crippen molar-refractivity contribution in [1.82, 2.24) is 0 Å². The van der Waals surface area contributed by atoms with Gasteiger partial charge in [0.2, 0.25) is 0 Å². The molecule has 2 aromatic rings. The minimum Gasteiger partial charge on any atom is -0.496 e. The number of nitriles is 1. The molecule has 1 amide bonds. The molecule has 2 aromatic carbocycles. The van der Waals surface area contributed by atoms with Crippen molar-refractivity contribution >= 4 is 17.6 Å². The number of anilines is 1. The molecule has 6 nitrogen and oxygen atoms in total. The topological polar surface area (TPSA) is 88.4 Å². The Hall–Kier alpha value is -3.33. The fourth-order valence-electron chi connectivity index (χ4n) is 2.38. The molecule has 1 atom stereocenters. The fraction of sp³-hybridized carbons (Fsp3) is 0.250. The molecule has 0 saturated heterocycles. The smallest absolute Gasteiger partial charge is 0.306 e. The van der Waals surface area contributed by atoms with Crippen molar-refractivity contribution in [2.75, 3.05) is 12.4 Å². The maximum Gasteiger partial charge on any atom is 0.306 e. The lowest BCUT2D eigenvalue weighted by atomic mass is 10.1. The molecule has 0 spiro atoms. The maximum absolute atomic E-state index is 12.2. The van der Waals surface area contributed by atoms with Crippen molar-refractivity contribution in [3.63, 3.8) is 0 Å². The summed E-state index contributed by atoms with van der Waals surface area (Å²) in [5, 5.41) is 11.6. The van der Waals surface area contributed by atoms with Crippen molar-refractivity contribution < 1.29 is 19.1 Å². The summed E-state index contributed by atoms with van der Waals surface area (Å²) in [7, 11) is 1.57. The third-order valence-electron chi connectivity index (χ3n) is 3.77. The van der Waals surface area contributed by atoms with Gasteiger partial charge in [-0.2, -0.15) is 5.26 Å². The van der Waals surface area contributed by atoms with Crippen LogP contribution in [-0.4, -0.2) is 25.1 Å². The Balaban J connectivity index is 1.88. The van der Waals surface area contributed by atoms with E-state index in [1.54, 1.807) is 31.4 Å². The van der Waals surface area contributed by atoms with Crippen LogP contribution in [0.2, 0.25) is 0 Å². The van der Waals surface area contributed by atoms with Crippen molar-refractivity contribution in [3.05, 3.63) is 59.7 Å². The highest BCUT2D eigenvalue weighted by molar-refractivity contribution is 5.96. The van der Waals surface area contributed by atoms with Gasteiger partial charge in [-0.05, 0) is 37.1 Å². The van der Waals surface area contributed by atoms with E-state index in [1.807, 2.05) is 30.3 Å². The zero-order chi connectivity index (χ0) is 18.9. The summed E-state index contributed by atoms with van der Waals surface area (Å²) in [4.78, 5) is 24.2. The summed E-state index contributed by atoms with van der Waals surface area (Å²) in [6, 6.07) is 16.0. The van der Waals surface area contributed by atoms with Crippen LogP contribution in [0.15, 0.2) is 48.5 Å². The van der Waals surface area contributed by atoms with Crippen molar-refractivity contribution in [2.24, 2.45) is 0 Å². The molecule has 0 radical (unpaired) electrons. The number of nitrogens with zero attached hydrogens (tertiary/aromatic N) is 1. The van der Waals surface area contributed by atoms with Crippen molar-refractivity contribution in [2.45, 2.75) is 25.9 Å². The van der Waals surface area contributed by atoms with E-state index in [0.717, 1.165) is 5.56 Å². The van der Waals surface area contributed by atoms with Gasteiger partial charge in [-0.1, -0.05) is 30.3 Å². The lowest BCUT2D eigenvalue weighted by Gasteiger charge is -2.14. The summed E-state index contributed by atoms with van der Waals surface area (Å²) < 4.78 is 10.4. The van der Waals surface area contributed by atoms with Gasteiger partial charge in [-0.3, -0.25) is 9.59 Å². The highest BCUT2D eigenvalue weighted by Crippen LogP contribution is 2.19. The van der Waals surface area contributed by atoms with E-state index < -0.39 is 18.0 Å². The summed E-state index contributed by atoms with van der Waals surface area (Å²) in [5.41, 5.74) is 1.62. The molecule has 1 N–H and O–H groups in total. The lowest BCUT2D eigenvalue weighted by Crippen LogP contribution is -2.30. The molecule has 0 aliphatic rings. The Bertz CT molecular complexity index is 827. The first-order chi connectivity index (χ1) is 12.5. The number of carbonyl (C=O) groups is 2. The predicted octanol–water partition coefficient (Wildman–Crippen LogP) is 3.07. The molecule has 0 saturated carbocycles. The quantitative estimate of drug-likeness (QED) is 0.774. The number of esters is 1. The number of nitrogens with one attached hydrogen (secondary N) is 1. The Morgan fingerprint density at radius 1 is 1.15 bits per heavy atom. The minimum atomic E-state index is -0.966. The molecule has 134 valence electrons. The summed E-state index contributed by atoms with van der Waals surface area (Å²) >= 11 is 0. The molecule has 6 heteroatoms. The number of para-hydroxylation sites is 2. The average molecular weight is 352 g/mol. The lowest BCUT2D eigenvalue weighted by molar-refractivity contribution is -0.153. The van der Waals surface area contributed by atoms with E-state index in [4.69, 9.17) is 14.7 Å². The van der Waals surface area contributed by atoms with Crippen molar-refractivity contribution in [1.29, 1.82) is 5.26 Å². The molecular formula is C20H20N2O4. The number of hydrogen-bond acceptors (Lipinski definition) is 5. The van der Waals surface area contributed by atoms with Gasteiger partial charge in [0.05, 0.1) is 18.4 Å². The van der Waals surface area contributed by atoms with E-state index >= 15 is 0 Å². The monoisotopic (exact) mass is 352 g/mol. The van der Waals surface area contributed by atoms with Crippen LogP contribution in [-0.2, 0) is 20.7 Å². The Morgan fingerprint density at radius 3 is 2.58 bits per heavy atom. The first-order valence-corrected chi connectivity index (χ1v) is 8.16. The minimum absolute atomic E-state index is 0.132. The van der Waals surface area contributed by atoms with Crippen molar-refractivity contribution in [3.8, 4) is 11.8 Å². The van der Waals surface area contributed by atoms with Crippen LogP contribution in [0.1, 0.15) is 24.5 Å².